The number of carbonyl (C=O) groups excluding carboxylic acids is 3. The molecule has 0 fully saturated rings. The Balaban J connectivity index is 1.24. The molecule has 0 spiro atoms. The Morgan fingerprint density at radius 1 is 0.879 bits per heavy atom. The van der Waals surface area contributed by atoms with Crippen molar-refractivity contribution in [1.82, 2.24) is 10.6 Å². The minimum absolute atomic E-state index is 0.210. The largest absolute Gasteiger partial charge is 0.467 e. The van der Waals surface area contributed by atoms with Crippen molar-refractivity contribution in [2.45, 2.75) is 6.54 Å². The smallest absolute Gasteiger partial charge is 0.319 e. The van der Waals surface area contributed by atoms with E-state index in [2.05, 4.69) is 21.3 Å². The molecule has 8 nitrogen and oxygen atoms in total. The van der Waals surface area contributed by atoms with E-state index in [1.807, 2.05) is 24.3 Å². The predicted octanol–water partition coefficient (Wildman–Crippen LogP) is 4.84. The number of furan rings is 1. The molecule has 2 aromatic heterocycles. The lowest BCUT2D eigenvalue weighted by atomic mass is 10.2. The van der Waals surface area contributed by atoms with E-state index in [0.29, 0.717) is 27.0 Å². The molecule has 0 bridgehead atoms. The van der Waals surface area contributed by atoms with Crippen molar-refractivity contribution in [2.75, 3.05) is 17.2 Å². The van der Waals surface area contributed by atoms with Crippen LogP contribution in [0.1, 0.15) is 15.4 Å². The second-order valence-corrected chi connectivity index (χ2v) is 8.37. The van der Waals surface area contributed by atoms with E-state index in [4.69, 9.17) is 16.0 Å². The Morgan fingerprint density at radius 2 is 1.61 bits per heavy atom. The molecule has 0 unspecified atom stereocenters. The van der Waals surface area contributed by atoms with Crippen LogP contribution in [0.5, 0.6) is 0 Å². The van der Waals surface area contributed by atoms with Gasteiger partial charge in [0, 0.05) is 21.5 Å². The van der Waals surface area contributed by atoms with Gasteiger partial charge in [0.2, 0.25) is 5.91 Å². The third kappa shape index (κ3) is 5.71. The van der Waals surface area contributed by atoms with Crippen LogP contribution in [0.15, 0.2) is 71.3 Å². The molecular formula is C23H19ClN4O4S. The van der Waals surface area contributed by atoms with Gasteiger partial charge in [0.15, 0.2) is 0 Å². The van der Waals surface area contributed by atoms with Crippen LogP contribution in [0, 0.1) is 0 Å². The fraction of sp³-hybridized carbons (Fsp3) is 0.0870. The molecule has 4 aromatic rings. The zero-order valence-corrected chi connectivity index (χ0v) is 18.8. The van der Waals surface area contributed by atoms with E-state index in [-0.39, 0.29) is 19.1 Å². The molecule has 4 N–H and O–H groups in total. The van der Waals surface area contributed by atoms with Gasteiger partial charge in [-0.05, 0) is 42.5 Å². The minimum atomic E-state index is -0.406. The standard InChI is InChI=1S/C23H19ClN4O4S/c24-20-17-5-1-2-6-18(17)33-21(20)22(30)25-13-19(29)27-14-7-9-15(10-8-14)28-23(31)26-12-16-4-3-11-32-16/h1-11H,12-13H2,(H,25,30)(H,27,29)(H2,26,28,31). The van der Waals surface area contributed by atoms with Crippen LogP contribution in [0.3, 0.4) is 0 Å². The van der Waals surface area contributed by atoms with Crippen molar-refractivity contribution in [3.63, 3.8) is 0 Å². The summed E-state index contributed by atoms with van der Waals surface area (Å²) in [6, 6.07) is 17.2. The molecule has 0 aliphatic heterocycles. The topological polar surface area (TPSA) is 112 Å². The summed E-state index contributed by atoms with van der Waals surface area (Å²) in [4.78, 5) is 37.0. The molecule has 168 valence electrons. The van der Waals surface area contributed by atoms with Crippen LogP contribution in [0.4, 0.5) is 16.2 Å². The summed E-state index contributed by atoms with van der Waals surface area (Å²) in [5, 5.41) is 11.8. The van der Waals surface area contributed by atoms with Crippen LogP contribution in [0.25, 0.3) is 10.1 Å². The van der Waals surface area contributed by atoms with Gasteiger partial charge in [0.1, 0.15) is 10.6 Å². The third-order valence-electron chi connectivity index (χ3n) is 4.58. The van der Waals surface area contributed by atoms with Crippen molar-refractivity contribution in [3.8, 4) is 0 Å². The van der Waals surface area contributed by atoms with E-state index in [9.17, 15) is 14.4 Å². The van der Waals surface area contributed by atoms with Gasteiger partial charge in [-0.2, -0.15) is 0 Å². The maximum Gasteiger partial charge on any atom is 0.319 e. The van der Waals surface area contributed by atoms with Gasteiger partial charge in [-0.1, -0.05) is 29.8 Å². The zero-order valence-electron chi connectivity index (χ0n) is 17.2. The van der Waals surface area contributed by atoms with Gasteiger partial charge in [-0.15, -0.1) is 11.3 Å². The summed E-state index contributed by atoms with van der Waals surface area (Å²) in [7, 11) is 0. The molecule has 0 atom stereocenters. The Morgan fingerprint density at radius 3 is 2.30 bits per heavy atom. The van der Waals surface area contributed by atoms with Gasteiger partial charge < -0.3 is 25.7 Å². The zero-order chi connectivity index (χ0) is 23.2. The van der Waals surface area contributed by atoms with Crippen LogP contribution < -0.4 is 21.3 Å². The van der Waals surface area contributed by atoms with Crippen molar-refractivity contribution in [1.29, 1.82) is 0 Å². The van der Waals surface area contributed by atoms with Gasteiger partial charge in [-0.25, -0.2) is 4.79 Å². The molecule has 0 aliphatic carbocycles. The summed E-state index contributed by atoms with van der Waals surface area (Å²) in [6.07, 6.45) is 1.53. The number of anilines is 2. The Labute approximate surface area is 197 Å². The molecule has 33 heavy (non-hydrogen) atoms. The van der Waals surface area contributed by atoms with E-state index in [0.717, 1.165) is 10.1 Å². The van der Waals surface area contributed by atoms with Gasteiger partial charge >= 0.3 is 6.03 Å². The number of fused-ring (bicyclic) bond motifs is 1. The summed E-state index contributed by atoms with van der Waals surface area (Å²) < 4.78 is 6.05. The number of thiophene rings is 1. The summed E-state index contributed by atoms with van der Waals surface area (Å²) in [5.74, 6) is -0.154. The number of urea groups is 1. The SMILES string of the molecule is O=C(CNC(=O)c1sc2ccccc2c1Cl)Nc1ccc(NC(=O)NCc2ccco2)cc1. The highest BCUT2D eigenvalue weighted by atomic mass is 35.5. The first-order valence-electron chi connectivity index (χ1n) is 9.92. The average Bonchev–Trinajstić information content (AvgIpc) is 3.46. The van der Waals surface area contributed by atoms with Gasteiger partial charge in [-0.3, -0.25) is 9.59 Å². The van der Waals surface area contributed by atoms with Crippen molar-refractivity contribution in [2.24, 2.45) is 0 Å². The number of rotatable bonds is 7. The number of amides is 4. The van der Waals surface area contributed by atoms with Gasteiger partial charge in [0.05, 0.1) is 24.4 Å². The monoisotopic (exact) mass is 482 g/mol. The molecule has 4 rings (SSSR count). The Hall–Kier alpha value is -3.82. The molecule has 2 heterocycles. The van der Waals surface area contributed by atoms with E-state index < -0.39 is 11.8 Å². The quantitative estimate of drug-likeness (QED) is 0.302. The lowest BCUT2D eigenvalue weighted by Gasteiger charge is -2.09. The number of hydrogen-bond donors (Lipinski definition) is 4. The first-order valence-corrected chi connectivity index (χ1v) is 11.1. The van der Waals surface area contributed by atoms with Crippen LogP contribution in [-0.4, -0.2) is 24.4 Å². The molecule has 2 aromatic carbocycles. The molecule has 10 heteroatoms. The number of halogens is 1. The van der Waals surface area contributed by atoms with E-state index >= 15 is 0 Å². The maximum absolute atomic E-state index is 12.5. The normalized spacial score (nSPS) is 10.6. The van der Waals surface area contributed by atoms with Gasteiger partial charge in [0.25, 0.3) is 5.91 Å². The lowest BCUT2D eigenvalue weighted by molar-refractivity contribution is -0.115. The number of hydrogen-bond acceptors (Lipinski definition) is 5. The number of benzene rings is 2. The Bertz CT molecular complexity index is 1290. The highest BCUT2D eigenvalue weighted by Crippen LogP contribution is 2.34. The van der Waals surface area contributed by atoms with Crippen LogP contribution in [-0.2, 0) is 11.3 Å². The predicted molar refractivity (Wildman–Crippen MR) is 129 cm³/mol. The molecule has 4 amide bonds. The van der Waals surface area contributed by atoms with E-state index in [1.54, 1.807) is 36.4 Å². The molecular weight excluding hydrogens is 464 g/mol. The number of nitrogens with one attached hydrogen (secondary N) is 4. The second kappa shape index (κ2) is 10.2. The minimum Gasteiger partial charge on any atom is -0.467 e. The number of carbonyl (C=O) groups is 3. The highest BCUT2D eigenvalue weighted by Gasteiger charge is 2.17. The summed E-state index contributed by atoms with van der Waals surface area (Å²) in [6.45, 7) is 0.0595. The first-order chi connectivity index (χ1) is 16.0. The summed E-state index contributed by atoms with van der Waals surface area (Å²) >= 11 is 7.58. The fourth-order valence-corrected chi connectivity index (χ4v) is 4.43. The average molecular weight is 483 g/mol. The Kier molecular flexibility index (Phi) is 6.92. The van der Waals surface area contributed by atoms with Crippen molar-refractivity contribution < 1.29 is 18.8 Å². The molecule has 0 saturated heterocycles. The fourth-order valence-electron chi connectivity index (χ4n) is 3.00. The van der Waals surface area contributed by atoms with Crippen LogP contribution in [0.2, 0.25) is 5.02 Å². The second-order valence-electron chi connectivity index (χ2n) is 6.94. The molecule has 0 aliphatic rings. The molecule has 0 saturated carbocycles. The van der Waals surface area contributed by atoms with E-state index in [1.165, 1.54) is 17.6 Å². The van der Waals surface area contributed by atoms with Crippen molar-refractivity contribution >= 4 is 62.2 Å². The maximum atomic E-state index is 12.5. The highest BCUT2D eigenvalue weighted by molar-refractivity contribution is 7.21. The summed E-state index contributed by atoms with van der Waals surface area (Å²) in [5.41, 5.74) is 1.08. The van der Waals surface area contributed by atoms with Crippen LogP contribution >= 0.6 is 22.9 Å². The third-order valence-corrected chi connectivity index (χ3v) is 6.25. The molecule has 0 radical (unpaired) electrons. The first kappa shape index (κ1) is 22.4. The van der Waals surface area contributed by atoms with Crippen molar-refractivity contribution in [3.05, 3.63) is 82.6 Å². The lowest BCUT2D eigenvalue weighted by Crippen LogP contribution is -2.32.